The molecule has 0 spiro atoms. The fourth-order valence-electron chi connectivity index (χ4n) is 3.38. The van der Waals surface area contributed by atoms with Gasteiger partial charge in [-0.25, -0.2) is 13.5 Å². The summed E-state index contributed by atoms with van der Waals surface area (Å²) in [4.78, 5) is 0. The third-order valence-electron chi connectivity index (χ3n) is 4.53. The van der Waals surface area contributed by atoms with E-state index in [1.165, 1.54) is 23.5 Å². The van der Waals surface area contributed by atoms with Gasteiger partial charge in [-0.05, 0) is 49.7 Å². The molecule has 138 valence electrons. The zero-order valence-electron chi connectivity index (χ0n) is 15.4. The number of benzene rings is 2. The molecule has 3 aromatic rings. The number of hydrogen-bond donors (Lipinski definition) is 1. The van der Waals surface area contributed by atoms with Crippen molar-refractivity contribution in [3.05, 3.63) is 60.2 Å². The average Bonchev–Trinajstić information content (AvgIpc) is 2.94. The fraction of sp³-hybridized carbons (Fsp3) is 0.381. The summed E-state index contributed by atoms with van der Waals surface area (Å²) in [6, 6.07) is 14.1. The molecule has 1 heterocycles. The Balaban J connectivity index is 1.80. The van der Waals surface area contributed by atoms with Crippen molar-refractivity contribution in [3.63, 3.8) is 0 Å². The van der Waals surface area contributed by atoms with E-state index in [0.717, 1.165) is 24.9 Å². The third kappa shape index (κ3) is 3.88. The fourth-order valence-corrected chi connectivity index (χ4v) is 3.38. The van der Waals surface area contributed by atoms with Gasteiger partial charge >= 0.3 is 0 Å². The molecular formula is C21H26FN2O2+. The Hall–Kier alpha value is -2.40. The molecular weight excluding hydrogens is 331 g/mol. The first kappa shape index (κ1) is 18.4. The van der Waals surface area contributed by atoms with E-state index in [4.69, 9.17) is 4.74 Å². The Labute approximate surface area is 153 Å². The van der Waals surface area contributed by atoms with Crippen LogP contribution in [0.2, 0.25) is 0 Å². The highest BCUT2D eigenvalue weighted by Crippen LogP contribution is 2.16. The molecule has 0 saturated heterocycles. The summed E-state index contributed by atoms with van der Waals surface area (Å²) in [6.07, 6.45) is 1.34. The Bertz CT molecular complexity index is 858. The molecule has 0 unspecified atom stereocenters. The van der Waals surface area contributed by atoms with E-state index in [-0.39, 0.29) is 12.4 Å². The zero-order chi connectivity index (χ0) is 18.5. The maximum absolute atomic E-state index is 13.0. The first-order chi connectivity index (χ1) is 12.6. The van der Waals surface area contributed by atoms with E-state index in [2.05, 4.69) is 35.1 Å². The molecule has 0 amide bonds. The topological polar surface area (TPSA) is 38.3 Å². The predicted molar refractivity (Wildman–Crippen MR) is 99.7 cm³/mol. The molecule has 0 aliphatic carbocycles. The van der Waals surface area contributed by atoms with Crippen molar-refractivity contribution in [2.24, 2.45) is 0 Å². The minimum atomic E-state index is -0.656. The van der Waals surface area contributed by atoms with Crippen LogP contribution in [0.3, 0.4) is 0 Å². The van der Waals surface area contributed by atoms with Crippen molar-refractivity contribution in [2.75, 3.05) is 6.61 Å². The van der Waals surface area contributed by atoms with Gasteiger partial charge in [0.1, 0.15) is 30.8 Å². The Morgan fingerprint density at radius 3 is 2.54 bits per heavy atom. The lowest BCUT2D eigenvalue weighted by molar-refractivity contribution is -0.687. The van der Waals surface area contributed by atoms with E-state index in [0.29, 0.717) is 12.3 Å². The number of rotatable bonds is 8. The molecule has 26 heavy (non-hydrogen) atoms. The Morgan fingerprint density at radius 2 is 1.85 bits per heavy atom. The van der Waals surface area contributed by atoms with Crippen molar-refractivity contribution >= 4 is 11.0 Å². The van der Waals surface area contributed by atoms with E-state index in [1.54, 1.807) is 12.1 Å². The average molecular weight is 357 g/mol. The number of halogens is 1. The molecule has 0 saturated carbocycles. The van der Waals surface area contributed by atoms with Crippen LogP contribution in [0.15, 0.2) is 48.5 Å². The van der Waals surface area contributed by atoms with Crippen LogP contribution in [0.1, 0.15) is 26.1 Å². The van der Waals surface area contributed by atoms with Crippen LogP contribution in [0.5, 0.6) is 5.75 Å². The summed E-state index contributed by atoms with van der Waals surface area (Å²) in [6.45, 7) is 5.82. The number of imidazole rings is 1. The number of aryl methyl sites for hydroxylation is 1. The number of ether oxygens (including phenoxy) is 1. The van der Waals surface area contributed by atoms with Crippen molar-refractivity contribution in [3.8, 4) is 5.75 Å². The molecule has 5 heteroatoms. The summed E-state index contributed by atoms with van der Waals surface area (Å²) in [7, 11) is 0. The van der Waals surface area contributed by atoms with Crippen LogP contribution in [-0.2, 0) is 19.5 Å². The summed E-state index contributed by atoms with van der Waals surface area (Å²) >= 11 is 0. The second-order valence-electron chi connectivity index (χ2n) is 6.43. The van der Waals surface area contributed by atoms with Gasteiger partial charge in [0.15, 0.2) is 11.0 Å². The minimum absolute atomic E-state index is 0.163. The Morgan fingerprint density at radius 1 is 1.12 bits per heavy atom. The molecule has 0 aliphatic rings. The molecule has 0 fully saturated rings. The normalized spacial score (nSPS) is 12.5. The highest BCUT2D eigenvalue weighted by molar-refractivity contribution is 5.72. The molecule has 0 bridgehead atoms. The van der Waals surface area contributed by atoms with Gasteiger partial charge in [0.05, 0.1) is 6.54 Å². The first-order valence-electron chi connectivity index (χ1n) is 9.20. The van der Waals surface area contributed by atoms with Crippen LogP contribution >= 0.6 is 0 Å². The first-order valence-corrected chi connectivity index (χ1v) is 9.20. The second kappa shape index (κ2) is 8.32. The number of para-hydroxylation sites is 2. The number of nitrogens with zero attached hydrogens (tertiary/aromatic N) is 2. The molecule has 1 atom stereocenters. The molecule has 2 aromatic carbocycles. The van der Waals surface area contributed by atoms with E-state index >= 15 is 0 Å². The highest BCUT2D eigenvalue weighted by atomic mass is 19.1. The third-order valence-corrected chi connectivity index (χ3v) is 4.53. The Kier molecular flexibility index (Phi) is 5.89. The SMILES string of the molecule is CCCc1n(CC)c2ccccc2[n+]1C[C@@H](O)COc1ccc(F)cc1. The van der Waals surface area contributed by atoms with Crippen LogP contribution in [0.25, 0.3) is 11.0 Å². The van der Waals surface area contributed by atoms with E-state index in [9.17, 15) is 9.50 Å². The minimum Gasteiger partial charge on any atom is -0.491 e. The predicted octanol–water partition coefficient (Wildman–Crippen LogP) is 3.48. The number of aliphatic hydroxyl groups excluding tert-OH is 1. The van der Waals surface area contributed by atoms with Gasteiger partial charge in [0.25, 0.3) is 5.82 Å². The largest absolute Gasteiger partial charge is 0.491 e. The molecule has 1 N–H and O–H groups in total. The monoisotopic (exact) mass is 357 g/mol. The number of fused-ring (bicyclic) bond motifs is 1. The van der Waals surface area contributed by atoms with E-state index in [1.807, 2.05) is 12.1 Å². The molecule has 1 aromatic heterocycles. The molecule has 0 radical (unpaired) electrons. The summed E-state index contributed by atoms with van der Waals surface area (Å²) in [5.74, 6) is 1.47. The van der Waals surface area contributed by atoms with Gasteiger partial charge in [-0.3, -0.25) is 0 Å². The lowest BCUT2D eigenvalue weighted by Gasteiger charge is -2.12. The summed E-state index contributed by atoms with van der Waals surface area (Å²) < 4.78 is 23.1. The number of aromatic nitrogens is 2. The van der Waals surface area contributed by atoms with Crippen molar-refractivity contribution in [1.29, 1.82) is 0 Å². The lowest BCUT2D eigenvalue weighted by atomic mass is 10.3. The van der Waals surface area contributed by atoms with Gasteiger partial charge in [-0.2, -0.15) is 0 Å². The maximum atomic E-state index is 13.0. The molecule has 3 rings (SSSR count). The van der Waals surface area contributed by atoms with Crippen molar-refractivity contribution in [2.45, 2.75) is 45.9 Å². The lowest BCUT2D eigenvalue weighted by Crippen LogP contribution is -2.45. The summed E-state index contributed by atoms with van der Waals surface area (Å²) in [5, 5.41) is 10.5. The van der Waals surface area contributed by atoms with Gasteiger partial charge in [-0.1, -0.05) is 19.1 Å². The van der Waals surface area contributed by atoms with Crippen LogP contribution in [-0.4, -0.2) is 22.4 Å². The molecule has 4 nitrogen and oxygen atoms in total. The van der Waals surface area contributed by atoms with Crippen LogP contribution in [0.4, 0.5) is 4.39 Å². The van der Waals surface area contributed by atoms with Crippen LogP contribution < -0.4 is 9.30 Å². The van der Waals surface area contributed by atoms with Crippen molar-refractivity contribution in [1.82, 2.24) is 4.57 Å². The van der Waals surface area contributed by atoms with Gasteiger partial charge < -0.3 is 9.84 Å². The zero-order valence-corrected chi connectivity index (χ0v) is 15.4. The highest BCUT2D eigenvalue weighted by Gasteiger charge is 2.25. The van der Waals surface area contributed by atoms with Crippen LogP contribution in [0, 0.1) is 5.82 Å². The standard InChI is InChI=1S/C21H26FN2O2/c1-3-7-21-23(4-2)19-8-5-6-9-20(19)24(21)14-17(25)15-26-18-12-10-16(22)11-13-18/h5-6,8-13,17,25H,3-4,7,14-15H2,1-2H3/q+1/t17-/m1/s1. The number of hydrogen-bond acceptors (Lipinski definition) is 2. The maximum Gasteiger partial charge on any atom is 0.257 e. The van der Waals surface area contributed by atoms with E-state index < -0.39 is 6.10 Å². The smallest absolute Gasteiger partial charge is 0.257 e. The van der Waals surface area contributed by atoms with Crippen molar-refractivity contribution < 1.29 is 18.8 Å². The quantitative estimate of drug-likeness (QED) is 0.627. The second-order valence-corrected chi connectivity index (χ2v) is 6.43. The van der Waals surface area contributed by atoms with Gasteiger partial charge in [0, 0.05) is 6.42 Å². The summed E-state index contributed by atoms with van der Waals surface area (Å²) in [5.41, 5.74) is 2.31. The molecule has 0 aliphatic heterocycles. The van der Waals surface area contributed by atoms with Gasteiger partial charge in [-0.15, -0.1) is 0 Å². The number of aliphatic hydroxyl groups is 1. The van der Waals surface area contributed by atoms with Gasteiger partial charge in [0.2, 0.25) is 0 Å².